The van der Waals surface area contributed by atoms with Crippen LogP contribution in [0.5, 0.6) is 0 Å². The minimum atomic E-state index is -4.42. The summed E-state index contributed by atoms with van der Waals surface area (Å²) in [5.41, 5.74) is 0.478. The molecule has 0 N–H and O–H groups in total. The van der Waals surface area contributed by atoms with Gasteiger partial charge in [0, 0.05) is 56.3 Å². The maximum atomic E-state index is 13.0. The highest BCUT2D eigenvalue weighted by molar-refractivity contribution is 5.51. The van der Waals surface area contributed by atoms with Crippen LogP contribution in [-0.4, -0.2) is 51.0 Å². The second-order valence-electron chi connectivity index (χ2n) is 7.66. The van der Waals surface area contributed by atoms with E-state index in [1.165, 1.54) is 6.20 Å². The van der Waals surface area contributed by atoms with E-state index in [2.05, 4.69) is 20.1 Å². The molecule has 152 valence electrons. The van der Waals surface area contributed by atoms with Crippen LogP contribution < -0.4 is 9.80 Å². The van der Waals surface area contributed by atoms with Crippen molar-refractivity contribution in [3.8, 4) is 0 Å². The van der Waals surface area contributed by atoms with Gasteiger partial charge in [-0.05, 0) is 24.3 Å². The molecule has 10 heteroatoms. The van der Waals surface area contributed by atoms with Gasteiger partial charge in [-0.25, -0.2) is 0 Å². The first-order valence-electron chi connectivity index (χ1n) is 9.67. The average Bonchev–Trinajstić information content (AvgIpc) is 3.39. The van der Waals surface area contributed by atoms with E-state index >= 15 is 0 Å². The molecular weight excluding hydrogens is 383 g/mol. The van der Waals surface area contributed by atoms with Crippen LogP contribution >= 0.6 is 0 Å². The van der Waals surface area contributed by atoms with E-state index in [0.717, 1.165) is 56.0 Å². The second kappa shape index (κ2) is 6.57. The molecule has 5 heterocycles. The number of hydrogen-bond donors (Lipinski definition) is 0. The Labute approximate surface area is 165 Å². The molecule has 7 nitrogen and oxygen atoms in total. The minimum Gasteiger partial charge on any atom is -0.371 e. The third-order valence-corrected chi connectivity index (χ3v) is 5.84. The minimum absolute atomic E-state index is 0.390. The molecule has 2 atom stereocenters. The van der Waals surface area contributed by atoms with E-state index in [-0.39, 0.29) is 0 Å². The number of halogens is 3. The highest BCUT2D eigenvalue weighted by atomic mass is 19.4. The lowest BCUT2D eigenvalue weighted by Crippen LogP contribution is -2.29. The van der Waals surface area contributed by atoms with Crippen molar-refractivity contribution in [2.45, 2.75) is 19.5 Å². The first-order chi connectivity index (χ1) is 13.9. The Bertz CT molecular complexity index is 1030. The van der Waals surface area contributed by atoms with Crippen LogP contribution in [0.1, 0.15) is 18.4 Å². The molecule has 3 aromatic rings. The molecule has 29 heavy (non-hydrogen) atoms. The maximum absolute atomic E-state index is 13.0. The lowest BCUT2D eigenvalue weighted by molar-refractivity contribution is -0.141. The van der Waals surface area contributed by atoms with E-state index in [1.807, 2.05) is 24.0 Å². The van der Waals surface area contributed by atoms with Gasteiger partial charge in [0.1, 0.15) is 11.5 Å². The third kappa shape index (κ3) is 3.16. The lowest BCUT2D eigenvalue weighted by atomic mass is 10.0. The molecule has 0 bridgehead atoms. The van der Waals surface area contributed by atoms with Gasteiger partial charge >= 0.3 is 6.18 Å². The number of aryl methyl sites for hydroxylation is 1. The molecule has 2 unspecified atom stereocenters. The summed E-state index contributed by atoms with van der Waals surface area (Å²) in [5.74, 6) is 2.49. The summed E-state index contributed by atoms with van der Waals surface area (Å²) in [6.07, 6.45) is -2.43. The fraction of sp³-hybridized carbons (Fsp3) is 0.474. The zero-order valence-electron chi connectivity index (χ0n) is 15.8. The quantitative estimate of drug-likeness (QED) is 0.670. The summed E-state index contributed by atoms with van der Waals surface area (Å²) < 4.78 is 40.7. The van der Waals surface area contributed by atoms with Crippen molar-refractivity contribution >= 4 is 17.2 Å². The van der Waals surface area contributed by atoms with Gasteiger partial charge in [0.05, 0.1) is 0 Å². The molecular formula is C19H20F3N7. The Hall–Kier alpha value is -2.91. The number of pyridine rings is 1. The van der Waals surface area contributed by atoms with Gasteiger partial charge in [0.15, 0.2) is 11.5 Å². The number of nitrogens with zero attached hydrogens (tertiary/aromatic N) is 7. The predicted molar refractivity (Wildman–Crippen MR) is 101 cm³/mol. The molecule has 2 aliphatic rings. The normalized spacial score (nSPS) is 21.9. The Morgan fingerprint density at radius 2 is 1.72 bits per heavy atom. The Morgan fingerprint density at radius 3 is 2.41 bits per heavy atom. The molecule has 0 aliphatic carbocycles. The van der Waals surface area contributed by atoms with Gasteiger partial charge in [0.2, 0.25) is 0 Å². The number of anilines is 2. The van der Waals surface area contributed by atoms with Crippen LogP contribution in [0.4, 0.5) is 24.7 Å². The third-order valence-electron chi connectivity index (χ3n) is 5.84. The van der Waals surface area contributed by atoms with Crippen LogP contribution in [0.25, 0.3) is 5.65 Å². The Morgan fingerprint density at radius 1 is 1.00 bits per heavy atom. The fourth-order valence-electron chi connectivity index (χ4n) is 4.37. The van der Waals surface area contributed by atoms with E-state index in [0.29, 0.717) is 17.5 Å². The molecule has 0 saturated carbocycles. The van der Waals surface area contributed by atoms with Crippen LogP contribution in [0.2, 0.25) is 0 Å². The van der Waals surface area contributed by atoms with Gasteiger partial charge < -0.3 is 9.80 Å². The van der Waals surface area contributed by atoms with Gasteiger partial charge in [-0.2, -0.15) is 17.7 Å². The SMILES string of the molecule is CCc1nnc2ccc(N3CC4CN(c5ccnc(C(F)(F)F)c5)CC4C3)nn12. The van der Waals surface area contributed by atoms with Crippen molar-refractivity contribution in [1.29, 1.82) is 0 Å². The predicted octanol–water partition coefficient (Wildman–Crippen LogP) is 2.67. The maximum Gasteiger partial charge on any atom is 0.433 e. The molecule has 2 saturated heterocycles. The van der Waals surface area contributed by atoms with Crippen molar-refractivity contribution < 1.29 is 13.2 Å². The van der Waals surface area contributed by atoms with Crippen LogP contribution in [0.3, 0.4) is 0 Å². The zero-order chi connectivity index (χ0) is 20.2. The Kier molecular flexibility index (Phi) is 4.11. The summed E-state index contributed by atoms with van der Waals surface area (Å²) in [6.45, 7) is 5.15. The highest BCUT2D eigenvalue weighted by Crippen LogP contribution is 2.37. The largest absolute Gasteiger partial charge is 0.433 e. The number of rotatable bonds is 3. The lowest BCUT2D eigenvalue weighted by Gasteiger charge is -2.24. The Balaban J connectivity index is 1.31. The zero-order valence-corrected chi connectivity index (χ0v) is 15.8. The van der Waals surface area contributed by atoms with Crippen LogP contribution in [-0.2, 0) is 12.6 Å². The highest BCUT2D eigenvalue weighted by Gasteiger charge is 2.41. The van der Waals surface area contributed by atoms with E-state index < -0.39 is 11.9 Å². The second-order valence-corrected chi connectivity index (χ2v) is 7.66. The molecule has 5 rings (SSSR count). The standard InChI is InChI=1S/C19H20F3N7/c1-2-16-24-25-17-3-4-18(26-29(16)17)28-10-12-8-27(9-13(12)11-28)14-5-6-23-15(7-14)19(20,21)22/h3-7,12-13H,2,8-11H2,1H3. The number of aromatic nitrogens is 5. The summed E-state index contributed by atoms with van der Waals surface area (Å²) in [7, 11) is 0. The molecule has 0 aromatic carbocycles. The smallest absolute Gasteiger partial charge is 0.371 e. The van der Waals surface area contributed by atoms with Crippen molar-refractivity contribution in [2.24, 2.45) is 11.8 Å². The fourth-order valence-corrected chi connectivity index (χ4v) is 4.37. The monoisotopic (exact) mass is 403 g/mol. The summed E-state index contributed by atoms with van der Waals surface area (Å²) in [6, 6.07) is 6.68. The first-order valence-corrected chi connectivity index (χ1v) is 9.67. The summed E-state index contributed by atoms with van der Waals surface area (Å²) in [4.78, 5) is 7.75. The topological polar surface area (TPSA) is 62.5 Å². The molecule has 0 spiro atoms. The van der Waals surface area contributed by atoms with Gasteiger partial charge in [0.25, 0.3) is 0 Å². The van der Waals surface area contributed by atoms with E-state index in [4.69, 9.17) is 5.10 Å². The van der Waals surface area contributed by atoms with Crippen molar-refractivity contribution in [3.05, 3.63) is 42.0 Å². The van der Waals surface area contributed by atoms with Crippen LogP contribution in [0.15, 0.2) is 30.5 Å². The van der Waals surface area contributed by atoms with Crippen molar-refractivity contribution in [3.63, 3.8) is 0 Å². The molecule has 2 aliphatic heterocycles. The molecule has 0 amide bonds. The van der Waals surface area contributed by atoms with Gasteiger partial charge in [-0.1, -0.05) is 6.92 Å². The van der Waals surface area contributed by atoms with Crippen molar-refractivity contribution in [1.82, 2.24) is 24.8 Å². The summed E-state index contributed by atoms with van der Waals surface area (Å²) >= 11 is 0. The molecule has 2 fully saturated rings. The van der Waals surface area contributed by atoms with E-state index in [1.54, 1.807) is 10.6 Å². The summed E-state index contributed by atoms with van der Waals surface area (Å²) in [5, 5.41) is 13.0. The number of alkyl halides is 3. The van der Waals surface area contributed by atoms with Gasteiger partial charge in [-0.15, -0.1) is 15.3 Å². The van der Waals surface area contributed by atoms with Gasteiger partial charge in [-0.3, -0.25) is 4.98 Å². The average molecular weight is 403 g/mol. The first kappa shape index (κ1) is 18.1. The van der Waals surface area contributed by atoms with Crippen molar-refractivity contribution in [2.75, 3.05) is 36.0 Å². The molecule has 0 radical (unpaired) electrons. The number of fused-ring (bicyclic) bond motifs is 2. The number of hydrogen-bond acceptors (Lipinski definition) is 6. The van der Waals surface area contributed by atoms with E-state index in [9.17, 15) is 13.2 Å². The van der Waals surface area contributed by atoms with Crippen LogP contribution in [0, 0.1) is 11.8 Å². The molecule has 3 aromatic heterocycles.